The van der Waals surface area contributed by atoms with Gasteiger partial charge in [-0.05, 0) is 26.2 Å². The highest BCUT2D eigenvalue weighted by Gasteiger charge is 2.18. The van der Waals surface area contributed by atoms with E-state index in [4.69, 9.17) is 5.21 Å². The molecular weight excluding hydrogens is 156 g/mol. The molecule has 0 spiro atoms. The third-order valence-electron chi connectivity index (χ3n) is 2.10. The molecule has 4 heteroatoms. The summed E-state index contributed by atoms with van der Waals surface area (Å²) in [5.74, 6) is -0.141. The molecule has 0 unspecified atom stereocenters. The highest BCUT2D eigenvalue weighted by molar-refractivity contribution is 6.37. The molecule has 12 heavy (non-hydrogen) atoms. The van der Waals surface area contributed by atoms with Crippen LogP contribution in [0, 0.1) is 0 Å². The molecule has 68 valence electrons. The van der Waals surface area contributed by atoms with Crippen molar-refractivity contribution >= 4 is 11.6 Å². The first-order chi connectivity index (χ1) is 5.75. The zero-order valence-corrected chi connectivity index (χ0v) is 7.29. The molecule has 1 heterocycles. The first kappa shape index (κ1) is 9.03. The van der Waals surface area contributed by atoms with Gasteiger partial charge in [-0.25, -0.2) is 0 Å². The van der Waals surface area contributed by atoms with Crippen LogP contribution in [0.1, 0.15) is 26.2 Å². The van der Waals surface area contributed by atoms with E-state index in [0.717, 1.165) is 25.9 Å². The molecule has 0 atom stereocenters. The molecule has 0 saturated carbocycles. The van der Waals surface area contributed by atoms with Gasteiger partial charge in [-0.3, -0.25) is 4.79 Å². The molecule has 0 radical (unpaired) electrons. The summed E-state index contributed by atoms with van der Waals surface area (Å²) in [6.45, 7) is 3.12. The monoisotopic (exact) mass is 170 g/mol. The minimum absolute atomic E-state index is 0.141. The van der Waals surface area contributed by atoms with Crippen molar-refractivity contribution in [3.63, 3.8) is 0 Å². The second-order valence-corrected chi connectivity index (χ2v) is 3.04. The number of nitrogens with zero attached hydrogens (tertiary/aromatic N) is 2. The highest BCUT2D eigenvalue weighted by Crippen LogP contribution is 2.08. The maximum atomic E-state index is 11.4. The van der Waals surface area contributed by atoms with Crippen LogP contribution in [-0.4, -0.2) is 34.8 Å². The second kappa shape index (κ2) is 4.09. The minimum Gasteiger partial charge on any atom is -0.410 e. The van der Waals surface area contributed by atoms with E-state index in [2.05, 4.69) is 5.16 Å². The smallest absolute Gasteiger partial charge is 0.271 e. The Hall–Kier alpha value is -1.06. The summed E-state index contributed by atoms with van der Waals surface area (Å²) >= 11 is 0. The maximum Gasteiger partial charge on any atom is 0.271 e. The number of carbonyl (C=O) groups excluding carboxylic acids is 1. The lowest BCUT2D eigenvalue weighted by atomic mass is 10.1. The Bertz CT molecular complexity index is 195. The third kappa shape index (κ3) is 1.96. The van der Waals surface area contributed by atoms with Gasteiger partial charge in [0.15, 0.2) is 0 Å². The Kier molecular flexibility index (Phi) is 3.08. The van der Waals surface area contributed by atoms with E-state index >= 15 is 0 Å². The molecular formula is C8H14N2O2. The topological polar surface area (TPSA) is 52.9 Å². The van der Waals surface area contributed by atoms with Crippen LogP contribution >= 0.6 is 0 Å². The summed E-state index contributed by atoms with van der Waals surface area (Å²) < 4.78 is 0. The van der Waals surface area contributed by atoms with Crippen molar-refractivity contribution in [2.24, 2.45) is 5.16 Å². The van der Waals surface area contributed by atoms with E-state index in [0.29, 0.717) is 0 Å². The Morgan fingerprint density at radius 3 is 2.42 bits per heavy atom. The minimum atomic E-state index is -0.141. The van der Waals surface area contributed by atoms with Crippen LogP contribution in [-0.2, 0) is 4.79 Å². The number of hydrogen-bond donors (Lipinski definition) is 1. The Balaban J connectivity index is 2.51. The molecule has 0 aromatic heterocycles. The maximum absolute atomic E-state index is 11.4. The first-order valence-corrected chi connectivity index (χ1v) is 4.23. The van der Waals surface area contributed by atoms with Crippen molar-refractivity contribution in [3.8, 4) is 0 Å². The van der Waals surface area contributed by atoms with Crippen LogP contribution in [0.5, 0.6) is 0 Å². The van der Waals surface area contributed by atoms with Gasteiger partial charge >= 0.3 is 0 Å². The molecule has 1 aliphatic heterocycles. The van der Waals surface area contributed by atoms with Crippen LogP contribution in [0.4, 0.5) is 0 Å². The summed E-state index contributed by atoms with van der Waals surface area (Å²) in [4.78, 5) is 13.1. The summed E-state index contributed by atoms with van der Waals surface area (Å²) in [5.41, 5.74) is 0.178. The van der Waals surface area contributed by atoms with Gasteiger partial charge < -0.3 is 10.1 Å². The molecule has 1 saturated heterocycles. The van der Waals surface area contributed by atoms with Crippen molar-refractivity contribution in [1.82, 2.24) is 4.90 Å². The van der Waals surface area contributed by atoms with E-state index < -0.39 is 0 Å². The van der Waals surface area contributed by atoms with E-state index in [1.165, 1.54) is 13.3 Å². The highest BCUT2D eigenvalue weighted by atomic mass is 16.4. The molecule has 1 aliphatic rings. The predicted octanol–water partition coefficient (Wildman–Crippen LogP) is 0.849. The van der Waals surface area contributed by atoms with Crippen molar-refractivity contribution in [1.29, 1.82) is 0 Å². The molecule has 0 aromatic rings. The lowest BCUT2D eigenvalue weighted by molar-refractivity contribution is -0.125. The summed E-state index contributed by atoms with van der Waals surface area (Å²) in [6.07, 6.45) is 3.31. The fourth-order valence-electron chi connectivity index (χ4n) is 1.37. The van der Waals surface area contributed by atoms with Crippen LogP contribution in [0.2, 0.25) is 0 Å². The quantitative estimate of drug-likeness (QED) is 0.360. The summed E-state index contributed by atoms with van der Waals surface area (Å²) in [5, 5.41) is 11.3. The largest absolute Gasteiger partial charge is 0.410 e. The van der Waals surface area contributed by atoms with Gasteiger partial charge in [0.1, 0.15) is 5.71 Å². The van der Waals surface area contributed by atoms with Gasteiger partial charge in [0, 0.05) is 13.1 Å². The normalized spacial score (nSPS) is 19.4. The van der Waals surface area contributed by atoms with Gasteiger partial charge in [-0.2, -0.15) is 0 Å². The molecule has 4 nitrogen and oxygen atoms in total. The van der Waals surface area contributed by atoms with E-state index in [-0.39, 0.29) is 11.6 Å². The lowest BCUT2D eigenvalue weighted by Crippen LogP contribution is -2.39. The first-order valence-electron chi connectivity index (χ1n) is 4.23. The summed E-state index contributed by atoms with van der Waals surface area (Å²) in [7, 11) is 0. The van der Waals surface area contributed by atoms with E-state index in [1.807, 2.05) is 0 Å². The molecule has 1 rings (SSSR count). The predicted molar refractivity (Wildman–Crippen MR) is 45.3 cm³/mol. The molecule has 1 amide bonds. The van der Waals surface area contributed by atoms with Gasteiger partial charge in [0.2, 0.25) is 0 Å². The number of piperidine rings is 1. The van der Waals surface area contributed by atoms with Crippen LogP contribution in [0.3, 0.4) is 0 Å². The van der Waals surface area contributed by atoms with Crippen molar-refractivity contribution < 1.29 is 10.0 Å². The van der Waals surface area contributed by atoms with Gasteiger partial charge in [0.25, 0.3) is 5.91 Å². The van der Waals surface area contributed by atoms with E-state index in [9.17, 15) is 4.79 Å². The fourth-order valence-corrected chi connectivity index (χ4v) is 1.37. The Morgan fingerprint density at radius 1 is 1.33 bits per heavy atom. The molecule has 1 fully saturated rings. The standard InChI is InChI=1S/C8H14N2O2/c1-7(9-12)8(11)10-5-3-2-4-6-10/h12H,2-6H2,1H3. The molecule has 0 aliphatic carbocycles. The summed E-state index contributed by atoms with van der Waals surface area (Å²) in [6, 6.07) is 0. The van der Waals surface area contributed by atoms with Gasteiger partial charge in [0.05, 0.1) is 0 Å². The van der Waals surface area contributed by atoms with Crippen LogP contribution < -0.4 is 0 Å². The average molecular weight is 170 g/mol. The number of carbonyl (C=O) groups is 1. The number of hydrogen-bond acceptors (Lipinski definition) is 3. The number of oxime groups is 1. The van der Waals surface area contributed by atoms with Crippen LogP contribution in [0.25, 0.3) is 0 Å². The van der Waals surface area contributed by atoms with Crippen molar-refractivity contribution in [2.75, 3.05) is 13.1 Å². The van der Waals surface area contributed by atoms with Gasteiger partial charge in [-0.15, -0.1) is 0 Å². The van der Waals surface area contributed by atoms with Gasteiger partial charge in [-0.1, -0.05) is 5.16 Å². The zero-order valence-electron chi connectivity index (χ0n) is 7.29. The number of amides is 1. The molecule has 1 N–H and O–H groups in total. The lowest BCUT2D eigenvalue weighted by Gasteiger charge is -2.26. The average Bonchev–Trinajstić information content (AvgIpc) is 2.17. The molecule has 0 aromatic carbocycles. The third-order valence-corrected chi connectivity index (χ3v) is 2.10. The SMILES string of the molecule is CC(=NO)C(=O)N1CCCCC1. The number of rotatable bonds is 1. The zero-order chi connectivity index (χ0) is 8.97. The molecule has 0 bridgehead atoms. The second-order valence-electron chi connectivity index (χ2n) is 3.04. The fraction of sp³-hybridized carbons (Fsp3) is 0.750. The number of likely N-dealkylation sites (tertiary alicyclic amines) is 1. The Labute approximate surface area is 71.9 Å². The van der Waals surface area contributed by atoms with Crippen molar-refractivity contribution in [3.05, 3.63) is 0 Å². The van der Waals surface area contributed by atoms with E-state index in [1.54, 1.807) is 4.90 Å². The Morgan fingerprint density at radius 2 is 1.92 bits per heavy atom. The van der Waals surface area contributed by atoms with Crippen molar-refractivity contribution in [2.45, 2.75) is 26.2 Å². The van der Waals surface area contributed by atoms with Crippen LogP contribution in [0.15, 0.2) is 5.16 Å².